The lowest BCUT2D eigenvalue weighted by molar-refractivity contribution is 0.253. The summed E-state index contributed by atoms with van der Waals surface area (Å²) >= 11 is 0. The fraction of sp³-hybridized carbons (Fsp3) is 0.312. The van der Waals surface area contributed by atoms with E-state index in [2.05, 4.69) is 24.5 Å². The SMILES string of the molecule is COc1ccc(NC(=O)NC2=CC=C(C)CC2C)cc1. The molecule has 0 bridgehead atoms. The van der Waals surface area contributed by atoms with Gasteiger partial charge < -0.3 is 15.4 Å². The number of anilines is 1. The second kappa shape index (κ2) is 6.28. The number of urea groups is 1. The highest BCUT2D eigenvalue weighted by Crippen LogP contribution is 2.22. The lowest BCUT2D eigenvalue weighted by atomic mass is 9.94. The van der Waals surface area contributed by atoms with Crippen LogP contribution in [0.1, 0.15) is 20.3 Å². The van der Waals surface area contributed by atoms with Crippen LogP contribution in [0.4, 0.5) is 10.5 Å². The number of nitrogens with one attached hydrogen (secondary N) is 2. The quantitative estimate of drug-likeness (QED) is 0.881. The van der Waals surface area contributed by atoms with Gasteiger partial charge in [-0.2, -0.15) is 0 Å². The average molecular weight is 272 g/mol. The zero-order chi connectivity index (χ0) is 14.5. The summed E-state index contributed by atoms with van der Waals surface area (Å²) in [6.45, 7) is 4.21. The van der Waals surface area contributed by atoms with E-state index >= 15 is 0 Å². The maximum atomic E-state index is 11.9. The number of allylic oxidation sites excluding steroid dienone is 4. The number of ether oxygens (including phenoxy) is 1. The van der Waals surface area contributed by atoms with Crippen molar-refractivity contribution in [2.75, 3.05) is 12.4 Å². The normalized spacial score (nSPS) is 17.9. The maximum absolute atomic E-state index is 11.9. The highest BCUT2D eigenvalue weighted by molar-refractivity contribution is 5.90. The van der Waals surface area contributed by atoms with Crippen molar-refractivity contribution < 1.29 is 9.53 Å². The summed E-state index contributed by atoms with van der Waals surface area (Å²) in [4.78, 5) is 11.9. The third-order valence-electron chi connectivity index (χ3n) is 3.31. The molecule has 0 fully saturated rings. The van der Waals surface area contributed by atoms with Gasteiger partial charge in [0.15, 0.2) is 0 Å². The van der Waals surface area contributed by atoms with Gasteiger partial charge in [-0.15, -0.1) is 0 Å². The van der Waals surface area contributed by atoms with Crippen molar-refractivity contribution in [2.45, 2.75) is 20.3 Å². The zero-order valence-corrected chi connectivity index (χ0v) is 12.1. The Labute approximate surface area is 119 Å². The van der Waals surface area contributed by atoms with Crippen molar-refractivity contribution in [3.63, 3.8) is 0 Å². The molecule has 0 heterocycles. The molecular weight excluding hydrogens is 252 g/mol. The standard InChI is InChI=1S/C16H20N2O2/c1-11-4-9-15(12(2)10-11)18-16(19)17-13-5-7-14(20-3)8-6-13/h4-9,12H,10H2,1-3H3,(H2,17,18,19). The molecule has 0 aromatic heterocycles. The summed E-state index contributed by atoms with van der Waals surface area (Å²) in [6.07, 6.45) is 4.99. The van der Waals surface area contributed by atoms with Gasteiger partial charge in [0.2, 0.25) is 0 Å². The number of hydrogen-bond donors (Lipinski definition) is 2. The molecule has 4 nitrogen and oxygen atoms in total. The first-order chi connectivity index (χ1) is 9.58. The van der Waals surface area contributed by atoms with Crippen LogP contribution in [0.25, 0.3) is 0 Å². The van der Waals surface area contributed by atoms with Crippen LogP contribution in [0.5, 0.6) is 5.75 Å². The zero-order valence-electron chi connectivity index (χ0n) is 12.1. The van der Waals surface area contributed by atoms with E-state index in [1.807, 2.05) is 24.3 Å². The highest BCUT2D eigenvalue weighted by atomic mass is 16.5. The number of amides is 2. The Kier molecular flexibility index (Phi) is 4.45. The van der Waals surface area contributed by atoms with E-state index in [0.717, 1.165) is 23.6 Å². The van der Waals surface area contributed by atoms with Crippen LogP contribution < -0.4 is 15.4 Å². The molecule has 1 atom stereocenters. The van der Waals surface area contributed by atoms with Crippen molar-refractivity contribution in [3.8, 4) is 5.75 Å². The number of carbonyl (C=O) groups excluding carboxylic acids is 1. The van der Waals surface area contributed by atoms with Gasteiger partial charge in [0.1, 0.15) is 5.75 Å². The summed E-state index contributed by atoms with van der Waals surface area (Å²) in [5.41, 5.74) is 3.01. The second-order valence-corrected chi connectivity index (χ2v) is 5.05. The second-order valence-electron chi connectivity index (χ2n) is 5.05. The Balaban J connectivity index is 1.95. The van der Waals surface area contributed by atoms with Gasteiger partial charge in [-0.25, -0.2) is 4.79 Å². The van der Waals surface area contributed by atoms with Crippen molar-refractivity contribution in [1.82, 2.24) is 5.32 Å². The molecule has 1 aliphatic rings. The fourth-order valence-corrected chi connectivity index (χ4v) is 2.19. The van der Waals surface area contributed by atoms with Gasteiger partial charge in [-0.05, 0) is 43.7 Å². The van der Waals surface area contributed by atoms with Crippen LogP contribution in [-0.2, 0) is 0 Å². The molecule has 0 saturated carbocycles. The molecule has 2 amide bonds. The Hall–Kier alpha value is -2.23. The molecule has 0 spiro atoms. The number of methoxy groups -OCH3 is 1. The highest BCUT2D eigenvalue weighted by Gasteiger charge is 2.15. The smallest absolute Gasteiger partial charge is 0.323 e. The summed E-state index contributed by atoms with van der Waals surface area (Å²) in [6, 6.07) is 7.01. The number of hydrogen-bond acceptors (Lipinski definition) is 2. The number of benzene rings is 1. The minimum absolute atomic E-state index is 0.221. The van der Waals surface area contributed by atoms with Gasteiger partial charge in [0.25, 0.3) is 0 Å². The molecule has 0 saturated heterocycles. The van der Waals surface area contributed by atoms with Crippen molar-refractivity contribution in [3.05, 3.63) is 47.7 Å². The van der Waals surface area contributed by atoms with E-state index in [-0.39, 0.29) is 6.03 Å². The third kappa shape index (κ3) is 3.63. The third-order valence-corrected chi connectivity index (χ3v) is 3.31. The molecule has 106 valence electrons. The first kappa shape index (κ1) is 14.2. The Morgan fingerprint density at radius 3 is 2.50 bits per heavy atom. The van der Waals surface area contributed by atoms with Gasteiger partial charge in [-0.3, -0.25) is 0 Å². The van der Waals surface area contributed by atoms with E-state index in [4.69, 9.17) is 4.74 Å². The van der Waals surface area contributed by atoms with Crippen LogP contribution >= 0.6 is 0 Å². The lowest BCUT2D eigenvalue weighted by Gasteiger charge is -2.21. The Morgan fingerprint density at radius 2 is 1.90 bits per heavy atom. The minimum Gasteiger partial charge on any atom is -0.497 e. The molecular formula is C16H20N2O2. The summed E-state index contributed by atoms with van der Waals surface area (Å²) in [5.74, 6) is 1.10. The van der Waals surface area contributed by atoms with E-state index in [1.54, 1.807) is 19.2 Å². The van der Waals surface area contributed by atoms with Crippen molar-refractivity contribution in [2.24, 2.45) is 5.92 Å². The average Bonchev–Trinajstić information content (AvgIpc) is 2.43. The van der Waals surface area contributed by atoms with Gasteiger partial charge in [0.05, 0.1) is 7.11 Å². The van der Waals surface area contributed by atoms with Crippen LogP contribution in [0.2, 0.25) is 0 Å². The fourth-order valence-electron chi connectivity index (χ4n) is 2.19. The largest absolute Gasteiger partial charge is 0.497 e. The molecule has 0 radical (unpaired) electrons. The molecule has 2 N–H and O–H groups in total. The number of rotatable bonds is 3. The van der Waals surface area contributed by atoms with E-state index in [0.29, 0.717) is 5.92 Å². The monoisotopic (exact) mass is 272 g/mol. The van der Waals surface area contributed by atoms with Gasteiger partial charge >= 0.3 is 6.03 Å². The topological polar surface area (TPSA) is 50.4 Å². The van der Waals surface area contributed by atoms with Gasteiger partial charge in [0, 0.05) is 17.3 Å². The Bertz CT molecular complexity index is 544. The minimum atomic E-state index is -0.221. The summed E-state index contributed by atoms with van der Waals surface area (Å²) in [7, 11) is 1.61. The lowest BCUT2D eigenvalue weighted by Crippen LogP contribution is -2.31. The summed E-state index contributed by atoms with van der Waals surface area (Å²) < 4.78 is 5.08. The van der Waals surface area contributed by atoms with E-state index in [9.17, 15) is 4.79 Å². The number of carbonyl (C=O) groups is 1. The first-order valence-corrected chi connectivity index (χ1v) is 6.68. The van der Waals surface area contributed by atoms with Crippen LogP contribution in [0.3, 0.4) is 0 Å². The molecule has 20 heavy (non-hydrogen) atoms. The van der Waals surface area contributed by atoms with Crippen LogP contribution in [-0.4, -0.2) is 13.1 Å². The maximum Gasteiger partial charge on any atom is 0.323 e. The summed E-state index contributed by atoms with van der Waals surface area (Å²) in [5, 5.41) is 5.71. The Morgan fingerprint density at radius 1 is 1.20 bits per heavy atom. The van der Waals surface area contributed by atoms with Crippen molar-refractivity contribution in [1.29, 1.82) is 0 Å². The molecule has 0 aliphatic heterocycles. The van der Waals surface area contributed by atoms with E-state index in [1.165, 1.54) is 5.57 Å². The molecule has 1 aliphatic carbocycles. The molecule has 1 unspecified atom stereocenters. The predicted molar refractivity (Wildman–Crippen MR) is 80.8 cm³/mol. The van der Waals surface area contributed by atoms with Crippen LogP contribution in [0, 0.1) is 5.92 Å². The molecule has 1 aromatic rings. The molecule has 1 aromatic carbocycles. The first-order valence-electron chi connectivity index (χ1n) is 6.68. The molecule has 4 heteroatoms. The van der Waals surface area contributed by atoms with E-state index < -0.39 is 0 Å². The van der Waals surface area contributed by atoms with Crippen LogP contribution in [0.15, 0.2) is 47.7 Å². The predicted octanol–water partition coefficient (Wildman–Crippen LogP) is 3.69. The van der Waals surface area contributed by atoms with Crippen molar-refractivity contribution >= 4 is 11.7 Å². The molecule has 2 rings (SSSR count). The van der Waals surface area contributed by atoms with Gasteiger partial charge in [-0.1, -0.05) is 18.6 Å².